The highest BCUT2D eigenvalue weighted by molar-refractivity contribution is 7.18. The molecule has 3 heterocycles. The standard InChI is InChI=1S/C19H22N4O2S/c1-21-14(11-17(24)22(2)19(21)25)12-23-9-7-13(8-10-23)18-20-15-5-3-4-6-16(15)26-18/h3-6,11,13H,7-10,12H2,1-2H3. The highest BCUT2D eigenvalue weighted by atomic mass is 32.1. The molecule has 0 N–H and O–H groups in total. The second-order valence-electron chi connectivity index (χ2n) is 6.94. The zero-order chi connectivity index (χ0) is 18.3. The van der Waals surface area contributed by atoms with Gasteiger partial charge < -0.3 is 0 Å². The lowest BCUT2D eigenvalue weighted by Gasteiger charge is -2.31. The minimum Gasteiger partial charge on any atom is -0.299 e. The fourth-order valence-corrected chi connectivity index (χ4v) is 4.70. The first-order chi connectivity index (χ1) is 12.5. The molecule has 0 aliphatic carbocycles. The Morgan fingerprint density at radius 3 is 2.58 bits per heavy atom. The van der Waals surface area contributed by atoms with Crippen LogP contribution in [0.3, 0.4) is 0 Å². The van der Waals surface area contributed by atoms with Gasteiger partial charge in [-0.2, -0.15) is 0 Å². The Morgan fingerprint density at radius 2 is 1.85 bits per heavy atom. The first-order valence-electron chi connectivity index (χ1n) is 8.86. The number of likely N-dealkylation sites (tertiary alicyclic amines) is 1. The highest BCUT2D eigenvalue weighted by Crippen LogP contribution is 2.33. The number of benzene rings is 1. The molecule has 6 nitrogen and oxygen atoms in total. The van der Waals surface area contributed by atoms with Crippen molar-refractivity contribution in [2.45, 2.75) is 25.3 Å². The number of para-hydroxylation sites is 1. The van der Waals surface area contributed by atoms with Crippen molar-refractivity contribution < 1.29 is 0 Å². The van der Waals surface area contributed by atoms with Gasteiger partial charge in [0.15, 0.2) is 0 Å². The molecule has 4 rings (SSSR count). The molecule has 0 bridgehead atoms. The van der Waals surface area contributed by atoms with Crippen LogP contribution >= 0.6 is 11.3 Å². The summed E-state index contributed by atoms with van der Waals surface area (Å²) < 4.78 is 3.96. The summed E-state index contributed by atoms with van der Waals surface area (Å²) in [6.07, 6.45) is 2.11. The molecule has 1 aromatic carbocycles. The van der Waals surface area contributed by atoms with Crippen molar-refractivity contribution in [3.05, 3.63) is 61.9 Å². The smallest absolute Gasteiger partial charge is 0.299 e. The average Bonchev–Trinajstić information content (AvgIpc) is 3.09. The summed E-state index contributed by atoms with van der Waals surface area (Å²) in [4.78, 5) is 31.1. The van der Waals surface area contributed by atoms with Crippen LogP contribution < -0.4 is 11.2 Å². The van der Waals surface area contributed by atoms with E-state index in [4.69, 9.17) is 4.98 Å². The van der Waals surface area contributed by atoms with Gasteiger partial charge in [0.05, 0.1) is 15.2 Å². The number of aromatic nitrogens is 3. The molecule has 0 saturated carbocycles. The molecule has 0 amide bonds. The van der Waals surface area contributed by atoms with Crippen molar-refractivity contribution in [3.63, 3.8) is 0 Å². The first-order valence-corrected chi connectivity index (χ1v) is 9.68. The van der Waals surface area contributed by atoms with E-state index < -0.39 is 0 Å². The van der Waals surface area contributed by atoms with Crippen molar-refractivity contribution >= 4 is 21.6 Å². The molecule has 0 radical (unpaired) electrons. The van der Waals surface area contributed by atoms with E-state index in [9.17, 15) is 9.59 Å². The van der Waals surface area contributed by atoms with Gasteiger partial charge in [-0.25, -0.2) is 9.78 Å². The largest absolute Gasteiger partial charge is 0.330 e. The van der Waals surface area contributed by atoms with Gasteiger partial charge in [0.2, 0.25) is 0 Å². The number of rotatable bonds is 3. The molecule has 1 aliphatic heterocycles. The Kier molecular flexibility index (Phi) is 4.50. The summed E-state index contributed by atoms with van der Waals surface area (Å²) in [6, 6.07) is 9.86. The Bertz CT molecular complexity index is 1020. The third kappa shape index (κ3) is 3.12. The van der Waals surface area contributed by atoms with Gasteiger partial charge in [-0.05, 0) is 38.1 Å². The van der Waals surface area contributed by atoms with E-state index in [0.29, 0.717) is 12.5 Å². The molecule has 1 fully saturated rings. The molecule has 7 heteroatoms. The fraction of sp³-hybridized carbons (Fsp3) is 0.421. The lowest BCUT2D eigenvalue weighted by atomic mass is 9.97. The summed E-state index contributed by atoms with van der Waals surface area (Å²) >= 11 is 1.80. The number of thiazole rings is 1. The summed E-state index contributed by atoms with van der Waals surface area (Å²) in [7, 11) is 3.24. The van der Waals surface area contributed by atoms with Crippen LogP contribution in [0.2, 0.25) is 0 Å². The van der Waals surface area contributed by atoms with Gasteiger partial charge >= 0.3 is 5.69 Å². The summed E-state index contributed by atoms with van der Waals surface area (Å²) in [5.74, 6) is 0.496. The third-order valence-corrected chi connectivity index (χ3v) is 6.46. The maximum Gasteiger partial charge on any atom is 0.330 e. The van der Waals surface area contributed by atoms with E-state index in [1.165, 1.54) is 16.8 Å². The van der Waals surface area contributed by atoms with E-state index in [-0.39, 0.29) is 11.2 Å². The number of nitrogens with zero attached hydrogens (tertiary/aromatic N) is 4. The Hall–Kier alpha value is -2.25. The monoisotopic (exact) mass is 370 g/mol. The van der Waals surface area contributed by atoms with Crippen molar-refractivity contribution in [2.75, 3.05) is 13.1 Å². The molecule has 3 aromatic rings. The predicted octanol–water partition coefficient (Wildman–Crippen LogP) is 2.07. The zero-order valence-electron chi connectivity index (χ0n) is 15.0. The molecular formula is C19H22N4O2S. The molecule has 0 unspecified atom stereocenters. The van der Waals surface area contributed by atoms with Crippen molar-refractivity contribution in [3.8, 4) is 0 Å². The number of piperidine rings is 1. The molecular weight excluding hydrogens is 348 g/mol. The fourth-order valence-electron chi connectivity index (χ4n) is 3.56. The van der Waals surface area contributed by atoms with Gasteiger partial charge in [0.1, 0.15) is 0 Å². The first kappa shape index (κ1) is 17.2. The zero-order valence-corrected chi connectivity index (χ0v) is 15.8. The summed E-state index contributed by atoms with van der Waals surface area (Å²) in [6.45, 7) is 2.53. The van der Waals surface area contributed by atoms with Crippen LogP contribution in [-0.4, -0.2) is 32.1 Å². The van der Waals surface area contributed by atoms with Gasteiger partial charge in [-0.15, -0.1) is 11.3 Å². The molecule has 1 saturated heterocycles. The Balaban J connectivity index is 1.46. The maximum absolute atomic E-state index is 12.1. The normalized spacial score (nSPS) is 16.4. The predicted molar refractivity (Wildman–Crippen MR) is 104 cm³/mol. The van der Waals surface area contributed by atoms with Crippen LogP contribution in [0.25, 0.3) is 10.2 Å². The SMILES string of the molecule is Cn1c(CN2CCC(c3nc4ccccc4s3)CC2)cc(=O)n(C)c1=O. The van der Waals surface area contributed by atoms with Gasteiger partial charge in [-0.3, -0.25) is 18.8 Å². The number of fused-ring (bicyclic) bond motifs is 1. The van der Waals surface area contributed by atoms with Crippen LogP contribution in [0.5, 0.6) is 0 Å². The van der Waals surface area contributed by atoms with E-state index in [2.05, 4.69) is 23.1 Å². The third-order valence-electron chi connectivity index (χ3n) is 5.26. The lowest BCUT2D eigenvalue weighted by molar-refractivity contribution is 0.199. The van der Waals surface area contributed by atoms with Crippen LogP contribution in [0.1, 0.15) is 29.5 Å². The van der Waals surface area contributed by atoms with Gasteiger partial charge in [0.25, 0.3) is 5.56 Å². The highest BCUT2D eigenvalue weighted by Gasteiger charge is 2.24. The topological polar surface area (TPSA) is 60.1 Å². The number of hydrogen-bond donors (Lipinski definition) is 0. The number of hydrogen-bond acceptors (Lipinski definition) is 5. The lowest BCUT2D eigenvalue weighted by Crippen LogP contribution is -2.40. The summed E-state index contributed by atoms with van der Waals surface area (Å²) in [5, 5.41) is 1.23. The molecule has 1 aliphatic rings. The van der Waals surface area contributed by atoms with Crippen molar-refractivity contribution in [1.29, 1.82) is 0 Å². The van der Waals surface area contributed by atoms with E-state index in [1.807, 2.05) is 6.07 Å². The quantitative estimate of drug-likeness (QED) is 0.708. The second-order valence-corrected chi connectivity index (χ2v) is 8.01. The second kappa shape index (κ2) is 6.81. The average molecular weight is 370 g/mol. The van der Waals surface area contributed by atoms with E-state index >= 15 is 0 Å². The maximum atomic E-state index is 12.1. The molecule has 136 valence electrons. The molecule has 0 spiro atoms. The Labute approximate surface area is 155 Å². The Morgan fingerprint density at radius 1 is 1.12 bits per heavy atom. The van der Waals surface area contributed by atoms with E-state index in [1.54, 1.807) is 29.0 Å². The van der Waals surface area contributed by atoms with Gasteiger partial charge in [-0.1, -0.05) is 12.1 Å². The van der Waals surface area contributed by atoms with Crippen LogP contribution in [-0.2, 0) is 20.6 Å². The van der Waals surface area contributed by atoms with Crippen LogP contribution in [0.4, 0.5) is 0 Å². The van der Waals surface area contributed by atoms with Crippen LogP contribution in [0, 0.1) is 0 Å². The molecule has 26 heavy (non-hydrogen) atoms. The van der Waals surface area contributed by atoms with Crippen LogP contribution in [0.15, 0.2) is 39.9 Å². The molecule has 2 aromatic heterocycles. The van der Waals surface area contributed by atoms with Crippen molar-refractivity contribution in [1.82, 2.24) is 19.0 Å². The summed E-state index contributed by atoms with van der Waals surface area (Å²) in [5.41, 5.74) is 1.35. The van der Waals surface area contributed by atoms with Gasteiger partial charge in [0, 0.05) is 38.3 Å². The van der Waals surface area contributed by atoms with Crippen molar-refractivity contribution in [2.24, 2.45) is 14.1 Å². The molecule has 0 atom stereocenters. The minimum absolute atomic E-state index is 0.243. The van der Waals surface area contributed by atoms with E-state index in [0.717, 1.165) is 41.7 Å². The minimum atomic E-state index is -0.267.